The summed E-state index contributed by atoms with van der Waals surface area (Å²) in [4.78, 5) is 24.6. The lowest BCUT2D eigenvalue weighted by atomic mass is 9.92. The highest BCUT2D eigenvalue weighted by molar-refractivity contribution is 5.87. The number of nitrogens with one attached hydrogen (secondary N) is 2. The molecule has 4 nitrogen and oxygen atoms in total. The zero-order chi connectivity index (χ0) is 15.9. The maximum Gasteiger partial charge on any atom is 0.224 e. The molecule has 2 aliphatic rings. The Labute approximate surface area is 133 Å². The van der Waals surface area contributed by atoms with Gasteiger partial charge in [-0.3, -0.25) is 9.59 Å². The van der Waals surface area contributed by atoms with Crippen LogP contribution in [0.25, 0.3) is 0 Å². The SMILES string of the molecule is C[C@H](C(=O)N[C@@H]1C=CCCC1)[C@H](C)C(=O)N[C@@H]1C=CCCC1. The van der Waals surface area contributed by atoms with E-state index >= 15 is 0 Å². The molecule has 0 radical (unpaired) electrons. The molecule has 2 N–H and O–H groups in total. The Hall–Kier alpha value is -1.58. The Balaban J connectivity index is 1.82. The molecule has 0 bridgehead atoms. The third kappa shape index (κ3) is 4.72. The van der Waals surface area contributed by atoms with Gasteiger partial charge in [-0.15, -0.1) is 0 Å². The minimum absolute atomic E-state index is 0.0293. The van der Waals surface area contributed by atoms with Crippen molar-refractivity contribution in [3.05, 3.63) is 24.3 Å². The number of carbonyl (C=O) groups is 2. The summed E-state index contributed by atoms with van der Waals surface area (Å²) < 4.78 is 0. The molecular formula is C18H28N2O2. The number of hydrogen-bond donors (Lipinski definition) is 2. The lowest BCUT2D eigenvalue weighted by molar-refractivity contribution is -0.134. The first-order valence-electron chi connectivity index (χ1n) is 8.52. The molecule has 0 aromatic rings. The normalized spacial score (nSPS) is 27.0. The summed E-state index contributed by atoms with van der Waals surface area (Å²) in [6.45, 7) is 3.67. The maximum atomic E-state index is 12.3. The first-order valence-corrected chi connectivity index (χ1v) is 8.52. The van der Waals surface area contributed by atoms with Gasteiger partial charge in [0.15, 0.2) is 0 Å². The van der Waals surface area contributed by atoms with Gasteiger partial charge in [-0.1, -0.05) is 38.2 Å². The Morgan fingerprint density at radius 1 is 0.864 bits per heavy atom. The van der Waals surface area contributed by atoms with Gasteiger partial charge in [-0.2, -0.15) is 0 Å². The van der Waals surface area contributed by atoms with Crippen molar-refractivity contribution in [2.45, 2.75) is 64.5 Å². The monoisotopic (exact) mass is 304 g/mol. The highest BCUT2D eigenvalue weighted by atomic mass is 16.2. The van der Waals surface area contributed by atoms with E-state index in [1.165, 1.54) is 0 Å². The Morgan fingerprint density at radius 2 is 1.27 bits per heavy atom. The fourth-order valence-corrected chi connectivity index (χ4v) is 2.95. The topological polar surface area (TPSA) is 58.2 Å². The summed E-state index contributed by atoms with van der Waals surface area (Å²) in [5, 5.41) is 6.08. The van der Waals surface area contributed by atoms with Gasteiger partial charge in [-0.05, 0) is 38.5 Å². The molecule has 0 heterocycles. The Kier molecular flexibility index (Phi) is 6.22. The van der Waals surface area contributed by atoms with Crippen LogP contribution in [0.15, 0.2) is 24.3 Å². The standard InChI is InChI=1S/C18H28N2O2/c1-13(17(21)19-15-9-5-3-6-10-15)14(2)18(22)20-16-11-7-4-8-12-16/h5,7,9,11,13-16H,3-4,6,8,10,12H2,1-2H3,(H,19,21)(H,20,22)/t13-,14-,15+,16+/m0/s1. The predicted octanol–water partition coefficient (Wildman–Crippen LogP) is 2.71. The van der Waals surface area contributed by atoms with Crippen LogP contribution < -0.4 is 10.6 Å². The molecule has 0 saturated carbocycles. The van der Waals surface area contributed by atoms with Gasteiger partial charge in [0, 0.05) is 23.9 Å². The maximum absolute atomic E-state index is 12.3. The van der Waals surface area contributed by atoms with Crippen molar-refractivity contribution in [2.75, 3.05) is 0 Å². The van der Waals surface area contributed by atoms with Crippen LogP contribution in [-0.2, 0) is 9.59 Å². The van der Waals surface area contributed by atoms with Crippen LogP contribution in [0.3, 0.4) is 0 Å². The third-order valence-corrected chi connectivity index (χ3v) is 4.74. The van der Waals surface area contributed by atoms with Crippen LogP contribution in [0.4, 0.5) is 0 Å². The van der Waals surface area contributed by atoms with E-state index in [1.807, 2.05) is 13.8 Å². The van der Waals surface area contributed by atoms with E-state index < -0.39 is 0 Å². The molecule has 0 aromatic heterocycles. The van der Waals surface area contributed by atoms with E-state index in [1.54, 1.807) is 0 Å². The quantitative estimate of drug-likeness (QED) is 0.767. The lowest BCUT2D eigenvalue weighted by Gasteiger charge is -2.25. The van der Waals surface area contributed by atoms with Crippen LogP contribution in [-0.4, -0.2) is 23.9 Å². The summed E-state index contributed by atoms with van der Waals surface area (Å²) in [6.07, 6.45) is 14.7. The number of allylic oxidation sites excluding steroid dienone is 2. The van der Waals surface area contributed by atoms with Gasteiger partial charge < -0.3 is 10.6 Å². The number of rotatable bonds is 5. The van der Waals surface area contributed by atoms with Crippen molar-refractivity contribution < 1.29 is 9.59 Å². The minimum Gasteiger partial charge on any atom is -0.350 e. The molecule has 0 aromatic carbocycles. The van der Waals surface area contributed by atoms with Crippen molar-refractivity contribution >= 4 is 11.8 Å². The summed E-state index contributed by atoms with van der Waals surface area (Å²) >= 11 is 0. The molecule has 0 aliphatic heterocycles. The van der Waals surface area contributed by atoms with E-state index in [0.717, 1.165) is 38.5 Å². The Bertz CT molecular complexity index is 414. The van der Waals surface area contributed by atoms with Crippen LogP contribution in [0.2, 0.25) is 0 Å². The van der Waals surface area contributed by atoms with Gasteiger partial charge in [0.1, 0.15) is 0 Å². The van der Waals surface area contributed by atoms with Crippen LogP contribution >= 0.6 is 0 Å². The molecule has 0 saturated heterocycles. The largest absolute Gasteiger partial charge is 0.350 e. The van der Waals surface area contributed by atoms with Gasteiger partial charge >= 0.3 is 0 Å². The zero-order valence-electron chi connectivity index (χ0n) is 13.7. The van der Waals surface area contributed by atoms with Crippen molar-refractivity contribution in [3.63, 3.8) is 0 Å². The number of amides is 2. The smallest absolute Gasteiger partial charge is 0.224 e. The molecule has 4 heteroatoms. The molecule has 122 valence electrons. The summed E-state index contributed by atoms with van der Waals surface area (Å²) in [6, 6.07) is 0.250. The minimum atomic E-state index is -0.317. The molecule has 4 atom stereocenters. The molecule has 0 spiro atoms. The zero-order valence-corrected chi connectivity index (χ0v) is 13.7. The highest BCUT2D eigenvalue weighted by Crippen LogP contribution is 2.16. The average Bonchev–Trinajstić information content (AvgIpc) is 2.55. The first-order chi connectivity index (χ1) is 10.6. The fourth-order valence-electron chi connectivity index (χ4n) is 2.95. The second kappa shape index (κ2) is 8.16. The van der Waals surface area contributed by atoms with Crippen molar-refractivity contribution in [3.8, 4) is 0 Å². The summed E-state index contributed by atoms with van der Waals surface area (Å²) in [5.74, 6) is -0.692. The highest BCUT2D eigenvalue weighted by Gasteiger charge is 2.28. The average molecular weight is 304 g/mol. The van der Waals surface area contributed by atoms with Crippen molar-refractivity contribution in [1.29, 1.82) is 0 Å². The van der Waals surface area contributed by atoms with Crippen LogP contribution in [0.5, 0.6) is 0 Å². The molecule has 2 aliphatic carbocycles. The lowest BCUT2D eigenvalue weighted by Crippen LogP contribution is -2.45. The fraction of sp³-hybridized carbons (Fsp3) is 0.667. The van der Waals surface area contributed by atoms with Gasteiger partial charge in [0.05, 0.1) is 0 Å². The van der Waals surface area contributed by atoms with Gasteiger partial charge in [0.25, 0.3) is 0 Å². The number of hydrogen-bond acceptors (Lipinski definition) is 2. The van der Waals surface area contributed by atoms with E-state index in [2.05, 4.69) is 34.9 Å². The second-order valence-electron chi connectivity index (χ2n) is 6.53. The summed E-state index contributed by atoms with van der Waals surface area (Å²) in [5.41, 5.74) is 0. The van der Waals surface area contributed by atoms with Crippen LogP contribution in [0.1, 0.15) is 52.4 Å². The van der Waals surface area contributed by atoms with Crippen molar-refractivity contribution in [1.82, 2.24) is 10.6 Å². The predicted molar refractivity (Wildman–Crippen MR) is 88.2 cm³/mol. The first kappa shape index (κ1) is 16.8. The van der Waals surface area contributed by atoms with Gasteiger partial charge in [-0.25, -0.2) is 0 Å². The van der Waals surface area contributed by atoms with E-state index in [9.17, 15) is 9.59 Å². The van der Waals surface area contributed by atoms with E-state index in [0.29, 0.717) is 0 Å². The van der Waals surface area contributed by atoms with Gasteiger partial charge in [0.2, 0.25) is 11.8 Å². The molecule has 0 fully saturated rings. The molecular weight excluding hydrogens is 276 g/mol. The Morgan fingerprint density at radius 3 is 1.59 bits per heavy atom. The second-order valence-corrected chi connectivity index (χ2v) is 6.53. The molecule has 22 heavy (non-hydrogen) atoms. The molecule has 0 unspecified atom stereocenters. The summed E-state index contributed by atoms with van der Waals surface area (Å²) in [7, 11) is 0. The van der Waals surface area contributed by atoms with Crippen molar-refractivity contribution in [2.24, 2.45) is 11.8 Å². The van der Waals surface area contributed by atoms with E-state index in [-0.39, 0.29) is 35.7 Å². The van der Waals surface area contributed by atoms with Crippen LogP contribution in [0, 0.1) is 11.8 Å². The number of carbonyl (C=O) groups excluding carboxylic acids is 2. The third-order valence-electron chi connectivity index (χ3n) is 4.74. The molecule has 2 amide bonds. The molecule has 2 rings (SSSR count). The van der Waals surface area contributed by atoms with E-state index in [4.69, 9.17) is 0 Å².